The fraction of sp³-hybridized carbons (Fsp3) is 0.500. The molecule has 0 aromatic heterocycles. The van der Waals surface area contributed by atoms with E-state index >= 15 is 0 Å². The summed E-state index contributed by atoms with van der Waals surface area (Å²) in [6.45, 7) is 3.84. The van der Waals surface area contributed by atoms with Gasteiger partial charge in [-0.3, -0.25) is 0 Å². The molecule has 0 aliphatic rings. The van der Waals surface area contributed by atoms with Gasteiger partial charge in [0, 0.05) is 0 Å². The van der Waals surface area contributed by atoms with Crippen LogP contribution in [-0.2, 0) is 0 Å². The van der Waals surface area contributed by atoms with Crippen LogP contribution in [0.4, 0.5) is 4.39 Å². The molecule has 0 radical (unpaired) electrons. The van der Waals surface area contributed by atoms with Gasteiger partial charge in [-0.05, 0) is 18.1 Å². The third kappa shape index (κ3) is 2.48. The minimum atomic E-state index is -0.814. The van der Waals surface area contributed by atoms with Gasteiger partial charge < -0.3 is 9.84 Å². The van der Waals surface area contributed by atoms with Gasteiger partial charge in [-0.15, -0.1) is 0 Å². The number of aliphatic hydroxyl groups is 1. The van der Waals surface area contributed by atoms with Crippen molar-refractivity contribution in [3.8, 4) is 5.75 Å². The lowest BCUT2D eigenvalue weighted by atomic mass is 9.94. The number of rotatable bonds is 4. The highest BCUT2D eigenvalue weighted by Gasteiger charge is 2.22. The Morgan fingerprint density at radius 3 is 2.67 bits per heavy atom. The standard InChI is InChI=1S/C12H17FO2/c1-4-8(2)12(14)11-9(13)6-5-7-10(11)15-3/h5-8,12,14H,4H2,1-3H3. The summed E-state index contributed by atoms with van der Waals surface area (Å²) in [5, 5.41) is 9.96. The van der Waals surface area contributed by atoms with Crippen LogP contribution in [0.25, 0.3) is 0 Å². The quantitative estimate of drug-likeness (QED) is 0.831. The first kappa shape index (κ1) is 12.0. The van der Waals surface area contributed by atoms with E-state index in [0.717, 1.165) is 6.42 Å². The van der Waals surface area contributed by atoms with Gasteiger partial charge in [0.1, 0.15) is 11.6 Å². The topological polar surface area (TPSA) is 29.5 Å². The van der Waals surface area contributed by atoms with Crippen LogP contribution >= 0.6 is 0 Å². The lowest BCUT2D eigenvalue weighted by Gasteiger charge is -2.20. The number of hydrogen-bond acceptors (Lipinski definition) is 2. The van der Waals surface area contributed by atoms with E-state index in [-0.39, 0.29) is 11.5 Å². The van der Waals surface area contributed by atoms with Crippen LogP contribution in [0.3, 0.4) is 0 Å². The molecule has 0 bridgehead atoms. The molecule has 0 aliphatic carbocycles. The molecule has 2 unspecified atom stereocenters. The summed E-state index contributed by atoms with van der Waals surface area (Å²) in [5.41, 5.74) is 0.259. The van der Waals surface area contributed by atoms with Gasteiger partial charge in [-0.2, -0.15) is 0 Å². The van der Waals surface area contributed by atoms with Crippen molar-refractivity contribution >= 4 is 0 Å². The summed E-state index contributed by atoms with van der Waals surface area (Å²) in [7, 11) is 1.47. The van der Waals surface area contributed by atoms with Crippen LogP contribution in [0.2, 0.25) is 0 Å². The van der Waals surface area contributed by atoms with Crippen LogP contribution < -0.4 is 4.74 Å². The second-order valence-electron chi connectivity index (χ2n) is 3.69. The van der Waals surface area contributed by atoms with Crippen molar-refractivity contribution < 1.29 is 14.2 Å². The lowest BCUT2D eigenvalue weighted by molar-refractivity contribution is 0.108. The number of methoxy groups -OCH3 is 1. The fourth-order valence-electron chi connectivity index (χ4n) is 1.49. The Labute approximate surface area is 89.7 Å². The Balaban J connectivity index is 3.10. The molecule has 15 heavy (non-hydrogen) atoms. The van der Waals surface area contributed by atoms with Gasteiger partial charge in [0.05, 0.1) is 18.8 Å². The van der Waals surface area contributed by atoms with E-state index in [1.165, 1.54) is 13.2 Å². The first-order valence-electron chi connectivity index (χ1n) is 5.12. The lowest BCUT2D eigenvalue weighted by Crippen LogP contribution is -2.11. The van der Waals surface area contributed by atoms with Crippen molar-refractivity contribution in [2.45, 2.75) is 26.4 Å². The summed E-state index contributed by atoms with van der Waals surface area (Å²) in [4.78, 5) is 0. The van der Waals surface area contributed by atoms with Crippen LogP contribution in [0, 0.1) is 11.7 Å². The number of ether oxygens (including phenoxy) is 1. The molecule has 1 aromatic rings. The van der Waals surface area contributed by atoms with Crippen molar-refractivity contribution in [3.05, 3.63) is 29.6 Å². The average molecular weight is 212 g/mol. The highest BCUT2D eigenvalue weighted by atomic mass is 19.1. The van der Waals surface area contributed by atoms with Gasteiger partial charge in [0.15, 0.2) is 0 Å². The van der Waals surface area contributed by atoms with Crippen molar-refractivity contribution in [3.63, 3.8) is 0 Å². The Bertz CT molecular complexity index is 325. The largest absolute Gasteiger partial charge is 0.496 e. The molecule has 2 atom stereocenters. The summed E-state index contributed by atoms with van der Waals surface area (Å²) in [5.74, 6) is 0.000694. The third-order valence-electron chi connectivity index (χ3n) is 2.71. The monoisotopic (exact) mass is 212 g/mol. The Hall–Kier alpha value is -1.09. The van der Waals surface area contributed by atoms with E-state index in [1.807, 2.05) is 13.8 Å². The van der Waals surface area contributed by atoms with Gasteiger partial charge >= 0.3 is 0 Å². The molecule has 0 spiro atoms. The molecular formula is C12H17FO2. The molecule has 0 fully saturated rings. The van der Waals surface area contributed by atoms with Gasteiger partial charge in [0.2, 0.25) is 0 Å². The molecule has 1 aromatic carbocycles. The predicted octanol–water partition coefficient (Wildman–Crippen LogP) is 2.91. The SMILES string of the molecule is CCC(C)C(O)c1c(F)cccc1OC. The second-order valence-corrected chi connectivity index (χ2v) is 3.69. The van der Waals surface area contributed by atoms with Crippen molar-refractivity contribution in [1.29, 1.82) is 0 Å². The van der Waals surface area contributed by atoms with Gasteiger partial charge in [0.25, 0.3) is 0 Å². The van der Waals surface area contributed by atoms with E-state index in [0.29, 0.717) is 5.75 Å². The zero-order valence-corrected chi connectivity index (χ0v) is 9.33. The minimum absolute atomic E-state index is 0.01000. The van der Waals surface area contributed by atoms with Crippen LogP contribution in [0.1, 0.15) is 31.9 Å². The minimum Gasteiger partial charge on any atom is -0.496 e. The Kier molecular flexibility index (Phi) is 4.09. The maximum Gasteiger partial charge on any atom is 0.132 e. The molecule has 3 heteroatoms. The molecule has 84 valence electrons. The molecule has 2 nitrogen and oxygen atoms in total. The van der Waals surface area contributed by atoms with E-state index in [1.54, 1.807) is 12.1 Å². The summed E-state index contributed by atoms with van der Waals surface area (Å²) < 4.78 is 18.6. The van der Waals surface area contributed by atoms with Crippen LogP contribution in [0.15, 0.2) is 18.2 Å². The van der Waals surface area contributed by atoms with E-state index in [2.05, 4.69) is 0 Å². The molecule has 0 amide bonds. The molecule has 1 N–H and O–H groups in total. The van der Waals surface area contributed by atoms with E-state index in [9.17, 15) is 9.50 Å². The molecule has 0 heterocycles. The molecule has 0 saturated heterocycles. The summed E-state index contributed by atoms with van der Waals surface area (Å²) in [6.07, 6.45) is -0.0234. The average Bonchev–Trinajstić information content (AvgIpc) is 2.26. The van der Waals surface area contributed by atoms with Crippen molar-refractivity contribution in [2.75, 3.05) is 7.11 Å². The summed E-state index contributed by atoms with van der Waals surface area (Å²) in [6, 6.07) is 4.56. The molecular weight excluding hydrogens is 195 g/mol. The fourth-order valence-corrected chi connectivity index (χ4v) is 1.49. The van der Waals surface area contributed by atoms with Gasteiger partial charge in [-0.25, -0.2) is 4.39 Å². The molecule has 0 saturated carbocycles. The molecule has 1 rings (SSSR count). The second kappa shape index (κ2) is 5.12. The summed E-state index contributed by atoms with van der Waals surface area (Å²) >= 11 is 0. The number of hydrogen-bond donors (Lipinski definition) is 1. The zero-order chi connectivity index (χ0) is 11.4. The van der Waals surface area contributed by atoms with Crippen LogP contribution in [0.5, 0.6) is 5.75 Å². The van der Waals surface area contributed by atoms with Crippen molar-refractivity contribution in [1.82, 2.24) is 0 Å². The Morgan fingerprint density at radius 1 is 1.47 bits per heavy atom. The third-order valence-corrected chi connectivity index (χ3v) is 2.71. The first-order valence-corrected chi connectivity index (χ1v) is 5.12. The van der Waals surface area contributed by atoms with Crippen molar-refractivity contribution in [2.24, 2.45) is 5.92 Å². The smallest absolute Gasteiger partial charge is 0.132 e. The predicted molar refractivity (Wildman–Crippen MR) is 57.4 cm³/mol. The number of aliphatic hydroxyl groups excluding tert-OH is 1. The first-order chi connectivity index (χ1) is 7.11. The number of benzene rings is 1. The van der Waals surface area contributed by atoms with Gasteiger partial charge in [-0.1, -0.05) is 26.3 Å². The maximum absolute atomic E-state index is 13.5. The maximum atomic E-state index is 13.5. The highest BCUT2D eigenvalue weighted by Crippen LogP contribution is 2.33. The normalized spacial score (nSPS) is 14.7. The van der Waals surface area contributed by atoms with E-state index < -0.39 is 11.9 Å². The van der Waals surface area contributed by atoms with Crippen LogP contribution in [-0.4, -0.2) is 12.2 Å². The molecule has 0 aliphatic heterocycles. The highest BCUT2D eigenvalue weighted by molar-refractivity contribution is 5.36. The number of halogens is 1. The zero-order valence-electron chi connectivity index (χ0n) is 9.33. The van der Waals surface area contributed by atoms with E-state index in [4.69, 9.17) is 4.74 Å². The Morgan fingerprint density at radius 2 is 2.13 bits per heavy atom.